The molecule has 19 heavy (non-hydrogen) atoms. The first-order valence-corrected chi connectivity index (χ1v) is 6.72. The summed E-state index contributed by atoms with van der Waals surface area (Å²) in [5.74, 6) is 0.713. The van der Waals surface area contributed by atoms with Crippen molar-refractivity contribution < 1.29 is 4.92 Å². The predicted octanol–water partition coefficient (Wildman–Crippen LogP) is 2.20. The van der Waals surface area contributed by atoms with Gasteiger partial charge in [-0.3, -0.25) is 10.1 Å². The Morgan fingerprint density at radius 1 is 1.47 bits per heavy atom. The Morgan fingerprint density at radius 2 is 2.16 bits per heavy atom. The summed E-state index contributed by atoms with van der Waals surface area (Å²) in [6, 6.07) is 7.02. The molecule has 5 nitrogen and oxygen atoms in total. The van der Waals surface area contributed by atoms with Gasteiger partial charge in [-0.1, -0.05) is 12.1 Å². The summed E-state index contributed by atoms with van der Waals surface area (Å²) in [4.78, 5) is 12.6. The summed E-state index contributed by atoms with van der Waals surface area (Å²) in [6.45, 7) is 5.43. The molecule has 1 fully saturated rings. The van der Waals surface area contributed by atoms with E-state index in [0.29, 0.717) is 5.92 Å². The second kappa shape index (κ2) is 6.12. The third-order valence-corrected chi connectivity index (χ3v) is 3.81. The van der Waals surface area contributed by atoms with E-state index in [1.54, 1.807) is 12.1 Å². The summed E-state index contributed by atoms with van der Waals surface area (Å²) in [5.41, 5.74) is 1.24. The summed E-state index contributed by atoms with van der Waals surface area (Å²) < 4.78 is 0. The first-order chi connectivity index (χ1) is 9.06. The van der Waals surface area contributed by atoms with Crippen LogP contribution in [0, 0.1) is 16.0 Å². The van der Waals surface area contributed by atoms with Crippen molar-refractivity contribution in [3.05, 3.63) is 39.9 Å². The lowest BCUT2D eigenvalue weighted by molar-refractivity contribution is -0.384. The van der Waals surface area contributed by atoms with E-state index >= 15 is 0 Å². The average molecular weight is 263 g/mol. The van der Waals surface area contributed by atoms with Crippen molar-refractivity contribution in [2.75, 3.05) is 26.7 Å². The minimum absolute atomic E-state index is 0.147. The van der Waals surface area contributed by atoms with Gasteiger partial charge in [0.25, 0.3) is 5.69 Å². The molecule has 2 rings (SSSR count). The summed E-state index contributed by atoms with van der Waals surface area (Å²) >= 11 is 0. The number of hydrogen-bond acceptors (Lipinski definition) is 4. The molecule has 1 saturated heterocycles. The highest BCUT2D eigenvalue weighted by Crippen LogP contribution is 2.19. The number of benzene rings is 1. The first kappa shape index (κ1) is 14.0. The van der Waals surface area contributed by atoms with Crippen LogP contribution in [0.1, 0.15) is 24.9 Å². The Morgan fingerprint density at radius 3 is 2.68 bits per heavy atom. The molecule has 104 valence electrons. The van der Waals surface area contributed by atoms with E-state index in [1.165, 1.54) is 13.0 Å². The molecule has 0 amide bonds. The number of nitrogens with zero attached hydrogens (tertiary/aromatic N) is 2. The molecule has 0 aromatic heterocycles. The number of rotatable bonds is 5. The molecule has 1 aromatic rings. The van der Waals surface area contributed by atoms with Crippen molar-refractivity contribution in [3.8, 4) is 0 Å². The van der Waals surface area contributed by atoms with Gasteiger partial charge in [0.15, 0.2) is 0 Å². The average Bonchev–Trinajstić information content (AvgIpc) is 2.82. The fraction of sp³-hybridized carbons (Fsp3) is 0.571. The van der Waals surface area contributed by atoms with Crippen LogP contribution < -0.4 is 5.32 Å². The van der Waals surface area contributed by atoms with E-state index in [0.717, 1.165) is 18.7 Å². The lowest BCUT2D eigenvalue weighted by Gasteiger charge is -2.17. The van der Waals surface area contributed by atoms with Gasteiger partial charge in [-0.05, 0) is 45.0 Å². The predicted molar refractivity (Wildman–Crippen MR) is 75.1 cm³/mol. The molecule has 1 heterocycles. The Labute approximate surface area is 113 Å². The van der Waals surface area contributed by atoms with Crippen LogP contribution in [-0.4, -0.2) is 36.5 Å². The standard InChI is InChI=1S/C14H21N3O2/c1-11(15-9-12-7-8-16(2)10-12)13-3-5-14(6-4-13)17(18)19/h3-6,11-12,15H,7-10H2,1-2H3. The molecule has 1 aliphatic heterocycles. The number of non-ortho nitro benzene ring substituents is 1. The zero-order chi connectivity index (χ0) is 13.8. The maximum atomic E-state index is 10.6. The van der Waals surface area contributed by atoms with Gasteiger partial charge >= 0.3 is 0 Å². The van der Waals surface area contributed by atoms with Crippen LogP contribution in [0.5, 0.6) is 0 Å². The molecule has 2 unspecified atom stereocenters. The monoisotopic (exact) mass is 263 g/mol. The van der Waals surface area contributed by atoms with Gasteiger partial charge in [0, 0.05) is 24.7 Å². The third-order valence-electron chi connectivity index (χ3n) is 3.81. The van der Waals surface area contributed by atoms with Gasteiger partial charge in [0.2, 0.25) is 0 Å². The smallest absolute Gasteiger partial charge is 0.269 e. The Balaban J connectivity index is 1.85. The number of likely N-dealkylation sites (tertiary alicyclic amines) is 1. The highest BCUT2D eigenvalue weighted by molar-refractivity contribution is 5.34. The molecule has 0 spiro atoms. The van der Waals surface area contributed by atoms with Crippen LogP contribution >= 0.6 is 0 Å². The largest absolute Gasteiger partial charge is 0.310 e. The van der Waals surface area contributed by atoms with Gasteiger partial charge in [-0.2, -0.15) is 0 Å². The van der Waals surface area contributed by atoms with E-state index in [-0.39, 0.29) is 16.7 Å². The Hall–Kier alpha value is -1.46. The fourth-order valence-electron chi connectivity index (χ4n) is 2.54. The van der Waals surface area contributed by atoms with Crippen LogP contribution in [0.25, 0.3) is 0 Å². The second-order valence-electron chi connectivity index (χ2n) is 5.40. The zero-order valence-corrected chi connectivity index (χ0v) is 11.5. The lowest BCUT2D eigenvalue weighted by Crippen LogP contribution is -2.27. The van der Waals surface area contributed by atoms with E-state index in [9.17, 15) is 10.1 Å². The number of nitrogens with one attached hydrogen (secondary N) is 1. The molecule has 0 radical (unpaired) electrons. The zero-order valence-electron chi connectivity index (χ0n) is 11.5. The van der Waals surface area contributed by atoms with Gasteiger partial charge in [0.05, 0.1) is 4.92 Å². The quantitative estimate of drug-likeness (QED) is 0.653. The second-order valence-corrected chi connectivity index (χ2v) is 5.40. The maximum Gasteiger partial charge on any atom is 0.269 e. The van der Waals surface area contributed by atoms with Crippen LogP contribution in [0.15, 0.2) is 24.3 Å². The minimum Gasteiger partial charge on any atom is -0.310 e. The van der Waals surface area contributed by atoms with Crippen molar-refractivity contribution in [2.45, 2.75) is 19.4 Å². The Kier molecular flexibility index (Phi) is 4.50. The van der Waals surface area contributed by atoms with Gasteiger partial charge in [-0.15, -0.1) is 0 Å². The topological polar surface area (TPSA) is 58.4 Å². The van der Waals surface area contributed by atoms with Crippen molar-refractivity contribution in [1.82, 2.24) is 10.2 Å². The molecule has 2 atom stereocenters. The normalized spacial score (nSPS) is 21.5. The molecule has 1 aliphatic rings. The van der Waals surface area contributed by atoms with Crippen molar-refractivity contribution in [3.63, 3.8) is 0 Å². The van der Waals surface area contributed by atoms with Gasteiger partial charge < -0.3 is 10.2 Å². The number of nitro groups is 1. The molecule has 0 aliphatic carbocycles. The number of nitro benzene ring substituents is 1. The first-order valence-electron chi connectivity index (χ1n) is 6.72. The SMILES string of the molecule is CC(NCC1CCN(C)C1)c1ccc([N+](=O)[O-])cc1. The summed E-state index contributed by atoms with van der Waals surface area (Å²) in [7, 11) is 2.15. The van der Waals surface area contributed by atoms with Gasteiger partial charge in [-0.25, -0.2) is 0 Å². The molecule has 5 heteroatoms. The lowest BCUT2D eigenvalue weighted by atomic mass is 10.1. The van der Waals surface area contributed by atoms with Crippen LogP contribution in [-0.2, 0) is 0 Å². The van der Waals surface area contributed by atoms with Crippen molar-refractivity contribution in [1.29, 1.82) is 0 Å². The van der Waals surface area contributed by atoms with E-state index < -0.39 is 0 Å². The van der Waals surface area contributed by atoms with E-state index in [1.807, 2.05) is 12.1 Å². The third kappa shape index (κ3) is 3.75. The van der Waals surface area contributed by atoms with Crippen molar-refractivity contribution in [2.24, 2.45) is 5.92 Å². The molecule has 0 bridgehead atoms. The maximum absolute atomic E-state index is 10.6. The molecule has 0 saturated carbocycles. The van der Waals surface area contributed by atoms with Crippen molar-refractivity contribution >= 4 is 5.69 Å². The summed E-state index contributed by atoms with van der Waals surface area (Å²) in [5, 5.41) is 14.1. The fourth-order valence-corrected chi connectivity index (χ4v) is 2.54. The van der Waals surface area contributed by atoms with E-state index in [4.69, 9.17) is 0 Å². The highest BCUT2D eigenvalue weighted by Gasteiger charge is 2.19. The Bertz CT molecular complexity index is 433. The van der Waals surface area contributed by atoms with E-state index in [2.05, 4.69) is 24.2 Å². The molecule has 1 aromatic carbocycles. The highest BCUT2D eigenvalue weighted by atomic mass is 16.6. The minimum atomic E-state index is -0.365. The molecular weight excluding hydrogens is 242 g/mol. The molecular formula is C14H21N3O2. The van der Waals surface area contributed by atoms with Crippen LogP contribution in [0.4, 0.5) is 5.69 Å². The molecule has 1 N–H and O–H groups in total. The number of hydrogen-bond donors (Lipinski definition) is 1. The van der Waals surface area contributed by atoms with Gasteiger partial charge in [0.1, 0.15) is 0 Å². The summed E-state index contributed by atoms with van der Waals surface area (Å²) in [6.07, 6.45) is 1.25. The van der Waals surface area contributed by atoms with Crippen LogP contribution in [0.3, 0.4) is 0 Å². The van der Waals surface area contributed by atoms with Crippen LogP contribution in [0.2, 0.25) is 0 Å².